The minimum Gasteiger partial charge on any atom is -0.374 e. The van der Waals surface area contributed by atoms with Crippen LogP contribution in [-0.2, 0) is 4.74 Å². The topological polar surface area (TPSA) is 24.5 Å². The minimum absolute atomic E-state index is 0.103. The van der Waals surface area contributed by atoms with Gasteiger partial charge in [0.25, 0.3) is 0 Å². The summed E-state index contributed by atoms with van der Waals surface area (Å²) in [6.07, 6.45) is 3.71. The summed E-state index contributed by atoms with van der Waals surface area (Å²) >= 11 is 0. The summed E-state index contributed by atoms with van der Waals surface area (Å²) < 4.78 is 5.95. The monoisotopic (exact) mass is 254 g/mol. The summed E-state index contributed by atoms with van der Waals surface area (Å²) in [7, 11) is 0. The summed E-state index contributed by atoms with van der Waals surface area (Å²) in [4.78, 5) is 2.64. The van der Waals surface area contributed by atoms with Crippen LogP contribution in [0.25, 0.3) is 0 Å². The summed E-state index contributed by atoms with van der Waals surface area (Å²) in [5.74, 6) is 0.761. The molecule has 2 heterocycles. The molecule has 0 aromatic rings. The van der Waals surface area contributed by atoms with Crippen molar-refractivity contribution in [2.24, 2.45) is 5.92 Å². The molecule has 18 heavy (non-hydrogen) atoms. The van der Waals surface area contributed by atoms with Gasteiger partial charge < -0.3 is 10.1 Å². The van der Waals surface area contributed by atoms with Crippen molar-refractivity contribution in [2.75, 3.05) is 26.2 Å². The van der Waals surface area contributed by atoms with Crippen LogP contribution in [0.15, 0.2) is 0 Å². The fourth-order valence-corrected chi connectivity index (χ4v) is 3.23. The number of rotatable bonds is 4. The van der Waals surface area contributed by atoms with E-state index in [0.29, 0.717) is 12.1 Å². The van der Waals surface area contributed by atoms with Crippen molar-refractivity contribution in [3.05, 3.63) is 0 Å². The molecule has 3 heteroatoms. The van der Waals surface area contributed by atoms with Gasteiger partial charge in [-0.25, -0.2) is 0 Å². The molecule has 2 saturated heterocycles. The molecule has 0 aromatic heterocycles. The van der Waals surface area contributed by atoms with Crippen LogP contribution in [0.4, 0.5) is 0 Å². The first kappa shape index (κ1) is 14.3. The Hall–Kier alpha value is -0.120. The summed E-state index contributed by atoms with van der Waals surface area (Å²) in [6.45, 7) is 13.6. The van der Waals surface area contributed by atoms with Gasteiger partial charge in [0.15, 0.2) is 0 Å². The Labute approximate surface area is 112 Å². The first-order valence-corrected chi connectivity index (χ1v) is 7.65. The fourth-order valence-electron chi connectivity index (χ4n) is 3.23. The van der Waals surface area contributed by atoms with Gasteiger partial charge in [-0.1, -0.05) is 20.3 Å². The van der Waals surface area contributed by atoms with Crippen LogP contribution in [-0.4, -0.2) is 48.8 Å². The maximum Gasteiger partial charge on any atom is 0.0781 e. The quantitative estimate of drug-likeness (QED) is 0.833. The average molecular weight is 254 g/mol. The van der Waals surface area contributed by atoms with Crippen LogP contribution >= 0.6 is 0 Å². The molecule has 106 valence electrons. The minimum atomic E-state index is 0.103. The number of ether oxygens (including phenoxy) is 1. The van der Waals surface area contributed by atoms with E-state index < -0.39 is 0 Å². The molecule has 0 amide bonds. The summed E-state index contributed by atoms with van der Waals surface area (Å²) in [6, 6.07) is 1.28. The predicted octanol–water partition coefficient (Wildman–Crippen LogP) is 2.26. The van der Waals surface area contributed by atoms with Crippen LogP contribution in [0.2, 0.25) is 0 Å². The third-order valence-corrected chi connectivity index (χ3v) is 4.90. The highest BCUT2D eigenvalue weighted by Gasteiger charge is 2.36. The lowest BCUT2D eigenvalue weighted by molar-refractivity contribution is -0.0280. The highest BCUT2D eigenvalue weighted by atomic mass is 16.5. The molecule has 1 N–H and O–H groups in total. The molecule has 3 nitrogen and oxygen atoms in total. The number of piperazine rings is 1. The number of nitrogens with zero attached hydrogens (tertiary/aromatic N) is 1. The maximum atomic E-state index is 5.95. The maximum absolute atomic E-state index is 5.95. The molecular weight excluding hydrogens is 224 g/mol. The van der Waals surface area contributed by atoms with Crippen molar-refractivity contribution in [3.63, 3.8) is 0 Å². The van der Waals surface area contributed by atoms with Crippen molar-refractivity contribution >= 4 is 0 Å². The van der Waals surface area contributed by atoms with Gasteiger partial charge in [0.2, 0.25) is 0 Å². The lowest BCUT2D eigenvalue weighted by atomic mass is 9.94. The molecule has 0 bridgehead atoms. The van der Waals surface area contributed by atoms with Gasteiger partial charge in [0, 0.05) is 38.3 Å². The van der Waals surface area contributed by atoms with Gasteiger partial charge in [0.05, 0.1) is 5.60 Å². The standard InChI is InChI=1S/C15H30N2O/c1-5-12(2)14-10-17(13(3)9-16-14)11-15(4)7-6-8-18-15/h12-14,16H,5-11H2,1-4H3. The molecule has 2 aliphatic rings. The molecule has 0 radical (unpaired) electrons. The Kier molecular flexibility index (Phi) is 4.68. The summed E-state index contributed by atoms with van der Waals surface area (Å²) in [5.41, 5.74) is 0.103. The third kappa shape index (κ3) is 3.25. The van der Waals surface area contributed by atoms with Gasteiger partial charge in [-0.3, -0.25) is 4.90 Å². The van der Waals surface area contributed by atoms with Crippen LogP contribution in [0.5, 0.6) is 0 Å². The van der Waals surface area contributed by atoms with Gasteiger partial charge in [0.1, 0.15) is 0 Å². The zero-order chi connectivity index (χ0) is 13.2. The largest absolute Gasteiger partial charge is 0.374 e. The van der Waals surface area contributed by atoms with Gasteiger partial charge in [-0.15, -0.1) is 0 Å². The third-order valence-electron chi connectivity index (χ3n) is 4.90. The molecule has 4 unspecified atom stereocenters. The van der Waals surface area contributed by atoms with Crippen molar-refractivity contribution < 1.29 is 4.74 Å². The Morgan fingerprint density at radius 2 is 2.28 bits per heavy atom. The smallest absolute Gasteiger partial charge is 0.0781 e. The first-order chi connectivity index (χ1) is 8.54. The zero-order valence-electron chi connectivity index (χ0n) is 12.5. The van der Waals surface area contributed by atoms with E-state index in [1.807, 2.05) is 0 Å². The Bertz CT molecular complexity index is 263. The second-order valence-electron chi connectivity index (χ2n) is 6.58. The van der Waals surface area contributed by atoms with E-state index in [2.05, 4.69) is 37.9 Å². The van der Waals surface area contributed by atoms with Crippen LogP contribution < -0.4 is 5.32 Å². The molecule has 2 aliphatic heterocycles. The molecule has 2 fully saturated rings. The van der Waals surface area contributed by atoms with Crippen molar-refractivity contribution in [1.82, 2.24) is 10.2 Å². The van der Waals surface area contributed by atoms with E-state index in [-0.39, 0.29) is 5.60 Å². The van der Waals surface area contributed by atoms with E-state index in [0.717, 1.165) is 25.6 Å². The predicted molar refractivity (Wildman–Crippen MR) is 75.9 cm³/mol. The van der Waals surface area contributed by atoms with Crippen molar-refractivity contribution in [1.29, 1.82) is 0 Å². The fraction of sp³-hybridized carbons (Fsp3) is 1.00. The Morgan fingerprint density at radius 1 is 1.50 bits per heavy atom. The summed E-state index contributed by atoms with van der Waals surface area (Å²) in [5, 5.41) is 3.70. The van der Waals surface area contributed by atoms with Crippen LogP contribution in [0.3, 0.4) is 0 Å². The zero-order valence-corrected chi connectivity index (χ0v) is 12.5. The van der Waals surface area contributed by atoms with Gasteiger partial charge in [-0.2, -0.15) is 0 Å². The number of hydrogen-bond donors (Lipinski definition) is 1. The van der Waals surface area contributed by atoms with Gasteiger partial charge in [-0.05, 0) is 32.6 Å². The molecule has 0 saturated carbocycles. The van der Waals surface area contributed by atoms with Crippen molar-refractivity contribution in [2.45, 2.75) is 64.6 Å². The van der Waals surface area contributed by atoms with E-state index >= 15 is 0 Å². The molecule has 2 rings (SSSR count). The lowest BCUT2D eigenvalue weighted by Gasteiger charge is -2.43. The number of nitrogens with one attached hydrogen (secondary N) is 1. The molecular formula is C15H30N2O. The van der Waals surface area contributed by atoms with E-state index in [9.17, 15) is 0 Å². The lowest BCUT2D eigenvalue weighted by Crippen LogP contribution is -2.60. The van der Waals surface area contributed by atoms with Crippen LogP contribution in [0.1, 0.15) is 47.0 Å². The Balaban J connectivity index is 1.93. The van der Waals surface area contributed by atoms with E-state index in [4.69, 9.17) is 4.74 Å². The van der Waals surface area contributed by atoms with Crippen LogP contribution in [0, 0.1) is 5.92 Å². The molecule has 0 spiro atoms. The van der Waals surface area contributed by atoms with Gasteiger partial charge >= 0.3 is 0 Å². The SMILES string of the molecule is CCC(C)C1CN(CC2(C)CCCO2)C(C)CN1. The normalized spacial score (nSPS) is 40.0. The average Bonchev–Trinajstić information content (AvgIpc) is 2.78. The molecule has 4 atom stereocenters. The highest BCUT2D eigenvalue weighted by Crippen LogP contribution is 2.28. The van der Waals surface area contributed by atoms with E-state index in [1.165, 1.54) is 25.8 Å². The number of hydrogen-bond acceptors (Lipinski definition) is 3. The van der Waals surface area contributed by atoms with E-state index in [1.54, 1.807) is 0 Å². The first-order valence-electron chi connectivity index (χ1n) is 7.65. The second kappa shape index (κ2) is 5.89. The Morgan fingerprint density at radius 3 is 2.89 bits per heavy atom. The second-order valence-corrected chi connectivity index (χ2v) is 6.58. The molecule has 0 aromatic carbocycles. The highest BCUT2D eigenvalue weighted by molar-refractivity contribution is 4.91. The molecule has 0 aliphatic carbocycles. The van der Waals surface area contributed by atoms with Crippen molar-refractivity contribution in [3.8, 4) is 0 Å².